The van der Waals surface area contributed by atoms with Gasteiger partial charge in [0.25, 0.3) is 0 Å². The Bertz CT molecular complexity index is 431. The zero-order chi connectivity index (χ0) is 13.1. The van der Waals surface area contributed by atoms with E-state index in [9.17, 15) is 0 Å². The van der Waals surface area contributed by atoms with Gasteiger partial charge in [-0.05, 0) is 29.7 Å². The SMILES string of the molecule is [2H]C1([2H])C([2H])([2H])C1([2H])c1ccc(B(O)O)cc1. The van der Waals surface area contributed by atoms with Crippen molar-refractivity contribution in [2.24, 2.45) is 0 Å². The van der Waals surface area contributed by atoms with E-state index in [0.717, 1.165) is 0 Å². The summed E-state index contributed by atoms with van der Waals surface area (Å²) in [5.74, 6) is -1.93. The van der Waals surface area contributed by atoms with Crippen LogP contribution in [0.15, 0.2) is 24.3 Å². The van der Waals surface area contributed by atoms with Crippen LogP contribution >= 0.6 is 0 Å². The molecule has 1 aromatic carbocycles. The Morgan fingerprint density at radius 1 is 1.33 bits per heavy atom. The van der Waals surface area contributed by atoms with E-state index in [0.29, 0.717) is 0 Å². The fourth-order valence-electron chi connectivity index (χ4n) is 0.998. The first kappa shape index (κ1) is 3.94. The van der Waals surface area contributed by atoms with Crippen LogP contribution < -0.4 is 5.46 Å². The van der Waals surface area contributed by atoms with Crippen molar-refractivity contribution in [1.82, 2.24) is 0 Å². The number of benzene rings is 1. The lowest BCUT2D eigenvalue weighted by Gasteiger charge is -2.00. The van der Waals surface area contributed by atoms with Gasteiger partial charge in [0.1, 0.15) is 0 Å². The van der Waals surface area contributed by atoms with Crippen LogP contribution in [0.4, 0.5) is 0 Å². The molecule has 0 aliphatic heterocycles. The van der Waals surface area contributed by atoms with Crippen molar-refractivity contribution >= 4 is 12.6 Å². The molecule has 62 valence electrons. The van der Waals surface area contributed by atoms with Gasteiger partial charge in [0.15, 0.2) is 0 Å². The van der Waals surface area contributed by atoms with E-state index in [4.69, 9.17) is 16.9 Å². The molecule has 0 aromatic heterocycles. The zero-order valence-electron chi connectivity index (χ0n) is 11.3. The van der Waals surface area contributed by atoms with Crippen LogP contribution in [0.5, 0.6) is 0 Å². The molecule has 1 fully saturated rings. The highest BCUT2D eigenvalue weighted by Gasteiger charge is 2.23. The fraction of sp³-hybridized carbons (Fsp3) is 0.333. The second-order valence-electron chi connectivity index (χ2n) is 2.62. The Hall–Kier alpha value is -0.795. The monoisotopic (exact) mass is 167 g/mol. The van der Waals surface area contributed by atoms with Gasteiger partial charge in [-0.15, -0.1) is 0 Å². The van der Waals surface area contributed by atoms with E-state index in [1.807, 2.05) is 0 Å². The predicted molar refractivity (Wildman–Crippen MR) is 48.2 cm³/mol. The minimum atomic E-state index is -2.24. The third-order valence-corrected chi connectivity index (χ3v) is 1.75. The van der Waals surface area contributed by atoms with Crippen LogP contribution in [0, 0.1) is 0 Å². The quantitative estimate of drug-likeness (QED) is 0.619. The second-order valence-corrected chi connectivity index (χ2v) is 2.62. The maximum Gasteiger partial charge on any atom is 0.488 e. The van der Waals surface area contributed by atoms with Gasteiger partial charge in [-0.3, -0.25) is 0 Å². The molecule has 0 saturated heterocycles. The molecule has 2 N–H and O–H groups in total. The predicted octanol–water partition coefficient (Wildman–Crippen LogP) is 0.244. The maximum atomic E-state index is 8.90. The molecule has 1 aromatic rings. The average molecular weight is 167 g/mol. The Kier molecular flexibility index (Phi) is 0.960. The minimum absolute atomic E-state index is 0.192. The highest BCUT2D eigenvalue weighted by Crippen LogP contribution is 2.39. The Morgan fingerprint density at radius 3 is 2.33 bits per heavy atom. The molecule has 1 aliphatic carbocycles. The summed E-state index contributed by atoms with van der Waals surface area (Å²) in [5.41, 5.74) is 0.413. The van der Waals surface area contributed by atoms with Crippen molar-refractivity contribution < 1.29 is 16.9 Å². The molecule has 1 saturated carbocycles. The van der Waals surface area contributed by atoms with Crippen LogP contribution in [-0.2, 0) is 0 Å². The van der Waals surface area contributed by atoms with Gasteiger partial charge in [0.05, 0.1) is 0 Å². The Morgan fingerprint density at radius 2 is 1.92 bits per heavy atom. The van der Waals surface area contributed by atoms with Gasteiger partial charge in [-0.25, -0.2) is 0 Å². The molecular weight excluding hydrogens is 151 g/mol. The maximum absolute atomic E-state index is 8.90. The fourth-order valence-corrected chi connectivity index (χ4v) is 0.998. The van der Waals surface area contributed by atoms with Gasteiger partial charge in [-0.2, -0.15) is 0 Å². The summed E-state index contributed by atoms with van der Waals surface area (Å²) < 4.78 is 37.8. The van der Waals surface area contributed by atoms with Crippen molar-refractivity contribution in [3.05, 3.63) is 29.8 Å². The summed E-state index contributed by atoms with van der Waals surface area (Å²) in [6.45, 7) is 0. The van der Waals surface area contributed by atoms with Crippen molar-refractivity contribution in [2.75, 3.05) is 0 Å². The molecular formula is C9H11BO2. The van der Waals surface area contributed by atoms with Crippen LogP contribution in [0.1, 0.15) is 31.1 Å². The molecule has 2 nitrogen and oxygen atoms in total. The van der Waals surface area contributed by atoms with E-state index in [-0.39, 0.29) is 11.0 Å². The normalized spacial score (nSPS) is 33.3. The summed E-state index contributed by atoms with van der Waals surface area (Å²) >= 11 is 0. The van der Waals surface area contributed by atoms with E-state index >= 15 is 0 Å². The highest BCUT2D eigenvalue weighted by atomic mass is 16.4. The van der Waals surface area contributed by atoms with Crippen molar-refractivity contribution in [3.63, 3.8) is 0 Å². The Labute approximate surface area is 79.0 Å². The van der Waals surface area contributed by atoms with Gasteiger partial charge < -0.3 is 10.0 Å². The molecule has 0 radical (unpaired) electrons. The first-order valence-corrected chi connectivity index (χ1v) is 3.63. The number of rotatable bonds is 2. The largest absolute Gasteiger partial charge is 0.488 e. The van der Waals surface area contributed by atoms with Crippen LogP contribution in [0.25, 0.3) is 0 Å². The molecule has 1 aliphatic rings. The molecule has 0 amide bonds. The van der Waals surface area contributed by atoms with Crippen LogP contribution in [-0.4, -0.2) is 17.2 Å². The molecule has 0 spiro atoms. The summed E-state index contributed by atoms with van der Waals surface area (Å²) in [6, 6.07) is 5.40. The first-order valence-electron chi connectivity index (χ1n) is 6.13. The molecule has 2 rings (SSSR count). The molecule has 0 bridgehead atoms. The van der Waals surface area contributed by atoms with Crippen molar-refractivity contribution in [3.8, 4) is 0 Å². The molecule has 0 unspecified atom stereocenters. The van der Waals surface area contributed by atoms with Gasteiger partial charge in [-0.1, -0.05) is 24.3 Å². The third kappa shape index (κ3) is 1.52. The van der Waals surface area contributed by atoms with Gasteiger partial charge in [0.2, 0.25) is 0 Å². The van der Waals surface area contributed by atoms with E-state index < -0.39 is 25.8 Å². The van der Waals surface area contributed by atoms with E-state index in [1.165, 1.54) is 24.3 Å². The lowest BCUT2D eigenvalue weighted by Crippen LogP contribution is -2.29. The van der Waals surface area contributed by atoms with Crippen molar-refractivity contribution in [1.29, 1.82) is 0 Å². The second kappa shape index (κ2) is 2.92. The van der Waals surface area contributed by atoms with Gasteiger partial charge >= 0.3 is 7.12 Å². The standard InChI is InChI=1S/C9H11BO2/c11-10(12)9-5-3-8(4-6-9)7-1-2-7/h3-7,11-12H,1-2H2/i1D2,2D2,7D. The van der Waals surface area contributed by atoms with Gasteiger partial charge in [0, 0.05) is 6.85 Å². The lowest BCUT2D eigenvalue weighted by molar-refractivity contribution is 0.426. The average Bonchev–Trinajstić information content (AvgIpc) is 2.57. The minimum Gasteiger partial charge on any atom is -0.423 e. The molecule has 0 heterocycles. The first-order chi connectivity index (χ1) is 7.66. The number of hydrogen-bond donors (Lipinski definition) is 2. The van der Waals surface area contributed by atoms with Crippen molar-refractivity contribution in [2.45, 2.75) is 18.6 Å². The zero-order valence-corrected chi connectivity index (χ0v) is 6.28. The number of hydrogen-bond acceptors (Lipinski definition) is 2. The van der Waals surface area contributed by atoms with Crippen LogP contribution in [0.3, 0.4) is 0 Å². The third-order valence-electron chi connectivity index (χ3n) is 1.75. The lowest BCUT2D eigenvalue weighted by atomic mass is 9.80. The van der Waals surface area contributed by atoms with Crippen LogP contribution in [0.2, 0.25) is 0 Å². The molecule has 0 atom stereocenters. The highest BCUT2D eigenvalue weighted by molar-refractivity contribution is 6.58. The summed E-state index contributed by atoms with van der Waals surface area (Å²) in [5, 5.41) is 17.8. The topological polar surface area (TPSA) is 40.5 Å². The Balaban J connectivity index is 2.38. The summed E-state index contributed by atoms with van der Waals surface area (Å²) in [7, 11) is -1.63. The van der Waals surface area contributed by atoms with E-state index in [1.54, 1.807) is 0 Å². The molecule has 12 heavy (non-hydrogen) atoms. The smallest absolute Gasteiger partial charge is 0.423 e. The summed E-state index contributed by atoms with van der Waals surface area (Å²) in [6.07, 6.45) is -4.47. The van der Waals surface area contributed by atoms with E-state index in [2.05, 4.69) is 0 Å². The summed E-state index contributed by atoms with van der Waals surface area (Å²) in [4.78, 5) is 0. The molecule has 3 heteroatoms.